The van der Waals surface area contributed by atoms with E-state index in [2.05, 4.69) is 17.1 Å². The highest BCUT2D eigenvalue weighted by Crippen LogP contribution is 2.21. The van der Waals surface area contributed by atoms with Gasteiger partial charge in [-0.2, -0.15) is 0 Å². The Morgan fingerprint density at radius 2 is 1.89 bits per heavy atom. The Morgan fingerprint density at radius 3 is 2.56 bits per heavy atom. The van der Waals surface area contributed by atoms with Crippen LogP contribution in [0.2, 0.25) is 0 Å². The molecule has 0 amide bonds. The molecule has 2 saturated heterocycles. The number of nitrogens with one attached hydrogen (secondary N) is 1. The predicted molar refractivity (Wildman–Crippen MR) is 72.9 cm³/mol. The lowest BCUT2D eigenvalue weighted by Gasteiger charge is -2.26. The smallest absolute Gasteiger partial charge is 0.0707 e. The molecule has 3 unspecified atom stereocenters. The summed E-state index contributed by atoms with van der Waals surface area (Å²) in [6.07, 6.45) is 6.15. The predicted octanol–water partition coefficient (Wildman–Crippen LogP) is 1.25. The largest absolute Gasteiger partial charge is 0.377 e. The minimum atomic E-state index is 0.418. The molecule has 3 atom stereocenters. The molecule has 0 aromatic rings. The molecule has 0 aromatic carbocycles. The Kier molecular flexibility index (Phi) is 5.89. The number of likely N-dealkylation sites (N-methyl/N-ethyl adjacent to an activating group) is 2. The Bertz CT molecular complexity index is 232. The second kappa shape index (κ2) is 7.43. The zero-order valence-electron chi connectivity index (χ0n) is 11.9. The zero-order chi connectivity index (χ0) is 12.8. The molecular weight excluding hydrogens is 228 g/mol. The van der Waals surface area contributed by atoms with E-state index in [-0.39, 0.29) is 0 Å². The Hall–Kier alpha value is -0.160. The van der Waals surface area contributed by atoms with E-state index >= 15 is 0 Å². The highest BCUT2D eigenvalue weighted by atomic mass is 16.5. The van der Waals surface area contributed by atoms with Gasteiger partial charge in [0.2, 0.25) is 0 Å². The van der Waals surface area contributed by atoms with E-state index in [9.17, 15) is 0 Å². The molecule has 1 N–H and O–H groups in total. The van der Waals surface area contributed by atoms with Crippen LogP contribution >= 0.6 is 0 Å². The van der Waals surface area contributed by atoms with Gasteiger partial charge in [-0.05, 0) is 39.3 Å². The minimum absolute atomic E-state index is 0.418. The van der Waals surface area contributed by atoms with Gasteiger partial charge in [-0.15, -0.1) is 0 Å². The lowest BCUT2D eigenvalue weighted by atomic mass is 10.1. The summed E-state index contributed by atoms with van der Waals surface area (Å²) in [6.45, 7) is 7.40. The van der Waals surface area contributed by atoms with Crippen LogP contribution in [0, 0.1) is 0 Å². The van der Waals surface area contributed by atoms with E-state index in [1.165, 1.54) is 25.7 Å². The van der Waals surface area contributed by atoms with Crippen LogP contribution in [-0.2, 0) is 9.47 Å². The molecule has 18 heavy (non-hydrogen) atoms. The van der Waals surface area contributed by atoms with Gasteiger partial charge in [0.15, 0.2) is 0 Å². The van der Waals surface area contributed by atoms with Crippen molar-refractivity contribution >= 4 is 0 Å². The molecule has 0 bridgehead atoms. The molecule has 0 saturated carbocycles. The van der Waals surface area contributed by atoms with Gasteiger partial charge in [-0.25, -0.2) is 0 Å². The normalized spacial score (nSPS) is 32.5. The number of ether oxygens (including phenoxy) is 2. The molecule has 2 rings (SSSR count). The van der Waals surface area contributed by atoms with Crippen molar-refractivity contribution in [3.05, 3.63) is 0 Å². The van der Waals surface area contributed by atoms with Gasteiger partial charge in [0, 0.05) is 26.2 Å². The molecule has 2 aliphatic rings. The van der Waals surface area contributed by atoms with Crippen LogP contribution < -0.4 is 5.32 Å². The Labute approximate surface area is 111 Å². The molecule has 2 heterocycles. The van der Waals surface area contributed by atoms with Crippen molar-refractivity contribution in [2.24, 2.45) is 0 Å². The van der Waals surface area contributed by atoms with Crippen LogP contribution in [0.15, 0.2) is 0 Å². The van der Waals surface area contributed by atoms with E-state index in [1.54, 1.807) is 0 Å². The number of nitrogens with zero attached hydrogens (tertiary/aromatic N) is 1. The van der Waals surface area contributed by atoms with E-state index < -0.39 is 0 Å². The van der Waals surface area contributed by atoms with Gasteiger partial charge >= 0.3 is 0 Å². The molecule has 4 heteroatoms. The summed E-state index contributed by atoms with van der Waals surface area (Å²) in [6, 6.07) is 0. The molecule has 106 valence electrons. The third kappa shape index (κ3) is 4.19. The Balaban J connectivity index is 1.69. The molecular formula is C14H28N2O2. The molecule has 2 aliphatic heterocycles. The summed E-state index contributed by atoms with van der Waals surface area (Å²) >= 11 is 0. The maximum atomic E-state index is 6.05. The quantitative estimate of drug-likeness (QED) is 0.743. The molecule has 0 aromatic heterocycles. The first kappa shape index (κ1) is 14.3. The highest BCUT2D eigenvalue weighted by Gasteiger charge is 2.27. The standard InChI is InChI=1S/C14H28N2O2/c1-3-16(10-13-5-4-8-17-13)11-14-7-6-12(18-14)9-15-2/h12-15H,3-11H2,1-2H3. The second-order valence-electron chi connectivity index (χ2n) is 5.50. The maximum absolute atomic E-state index is 6.05. The van der Waals surface area contributed by atoms with Crippen molar-refractivity contribution in [2.75, 3.05) is 39.8 Å². The van der Waals surface area contributed by atoms with Crippen LogP contribution in [0.25, 0.3) is 0 Å². The van der Waals surface area contributed by atoms with Gasteiger partial charge < -0.3 is 14.8 Å². The van der Waals surface area contributed by atoms with Gasteiger partial charge in [0.25, 0.3) is 0 Å². The van der Waals surface area contributed by atoms with Crippen LogP contribution in [0.3, 0.4) is 0 Å². The van der Waals surface area contributed by atoms with Crippen molar-refractivity contribution in [3.8, 4) is 0 Å². The van der Waals surface area contributed by atoms with Crippen molar-refractivity contribution in [3.63, 3.8) is 0 Å². The van der Waals surface area contributed by atoms with Crippen molar-refractivity contribution in [1.82, 2.24) is 10.2 Å². The van der Waals surface area contributed by atoms with Gasteiger partial charge in [0.05, 0.1) is 18.3 Å². The van der Waals surface area contributed by atoms with Crippen molar-refractivity contribution in [2.45, 2.75) is 50.9 Å². The van der Waals surface area contributed by atoms with Crippen molar-refractivity contribution in [1.29, 1.82) is 0 Å². The fraction of sp³-hybridized carbons (Fsp3) is 1.00. The van der Waals surface area contributed by atoms with E-state index in [4.69, 9.17) is 9.47 Å². The van der Waals surface area contributed by atoms with Crippen LogP contribution in [-0.4, -0.2) is 63.0 Å². The van der Waals surface area contributed by atoms with Gasteiger partial charge in [-0.3, -0.25) is 4.90 Å². The highest BCUT2D eigenvalue weighted by molar-refractivity contribution is 4.79. The zero-order valence-corrected chi connectivity index (χ0v) is 11.9. The lowest BCUT2D eigenvalue weighted by molar-refractivity contribution is 0.0110. The average Bonchev–Trinajstić information content (AvgIpc) is 3.01. The molecule has 2 fully saturated rings. The third-order valence-electron chi connectivity index (χ3n) is 4.02. The summed E-state index contributed by atoms with van der Waals surface area (Å²) in [7, 11) is 1.99. The fourth-order valence-corrected chi connectivity index (χ4v) is 2.99. The number of hydrogen-bond donors (Lipinski definition) is 1. The van der Waals surface area contributed by atoms with E-state index in [1.807, 2.05) is 7.05 Å². The van der Waals surface area contributed by atoms with Crippen LogP contribution in [0.1, 0.15) is 32.6 Å². The third-order valence-corrected chi connectivity index (χ3v) is 4.02. The number of rotatable bonds is 7. The first-order chi connectivity index (χ1) is 8.81. The molecule has 0 radical (unpaired) electrons. The second-order valence-corrected chi connectivity index (χ2v) is 5.50. The van der Waals surface area contributed by atoms with E-state index in [0.717, 1.165) is 32.8 Å². The minimum Gasteiger partial charge on any atom is -0.377 e. The first-order valence-electron chi connectivity index (χ1n) is 7.45. The topological polar surface area (TPSA) is 33.7 Å². The summed E-state index contributed by atoms with van der Waals surface area (Å²) in [5.74, 6) is 0. The summed E-state index contributed by atoms with van der Waals surface area (Å²) in [5.41, 5.74) is 0. The van der Waals surface area contributed by atoms with E-state index in [0.29, 0.717) is 18.3 Å². The van der Waals surface area contributed by atoms with Crippen LogP contribution in [0.5, 0.6) is 0 Å². The number of hydrogen-bond acceptors (Lipinski definition) is 4. The lowest BCUT2D eigenvalue weighted by Crippen LogP contribution is -2.38. The molecule has 4 nitrogen and oxygen atoms in total. The maximum Gasteiger partial charge on any atom is 0.0707 e. The first-order valence-corrected chi connectivity index (χ1v) is 7.45. The van der Waals surface area contributed by atoms with Gasteiger partial charge in [-0.1, -0.05) is 6.92 Å². The molecule has 0 spiro atoms. The Morgan fingerprint density at radius 1 is 1.11 bits per heavy atom. The summed E-state index contributed by atoms with van der Waals surface area (Å²) in [5, 5.41) is 3.20. The summed E-state index contributed by atoms with van der Waals surface area (Å²) in [4.78, 5) is 2.49. The monoisotopic (exact) mass is 256 g/mol. The SMILES string of the molecule is CCN(CC1CCCO1)CC1CCC(CNC)O1. The fourth-order valence-electron chi connectivity index (χ4n) is 2.99. The molecule has 0 aliphatic carbocycles. The summed E-state index contributed by atoms with van der Waals surface area (Å²) < 4.78 is 11.8. The van der Waals surface area contributed by atoms with Gasteiger partial charge in [0.1, 0.15) is 0 Å². The van der Waals surface area contributed by atoms with Crippen LogP contribution in [0.4, 0.5) is 0 Å². The van der Waals surface area contributed by atoms with Crippen molar-refractivity contribution < 1.29 is 9.47 Å². The average molecular weight is 256 g/mol.